The molecule has 0 radical (unpaired) electrons. The molecule has 2 unspecified atom stereocenters. The largest absolute Gasteiger partial charge is 0.466 e. The lowest BCUT2D eigenvalue weighted by atomic mass is 9.76. The summed E-state index contributed by atoms with van der Waals surface area (Å²) in [7, 11) is 0. The molecule has 2 rings (SSSR count). The molecule has 2 nitrogen and oxygen atoms in total. The van der Waals surface area contributed by atoms with Crippen LogP contribution in [0.1, 0.15) is 76.3 Å². The molecule has 0 spiro atoms. The molecule has 0 aliphatic heterocycles. The number of esters is 1. The Morgan fingerprint density at radius 1 is 1.22 bits per heavy atom. The molecule has 0 saturated heterocycles. The molecule has 1 aliphatic carbocycles. The Hall–Kier alpha value is -1.31. The minimum atomic E-state index is -0.0258. The highest BCUT2D eigenvalue weighted by atomic mass is 16.5. The molecule has 1 fully saturated rings. The van der Waals surface area contributed by atoms with E-state index in [0.29, 0.717) is 24.9 Å². The van der Waals surface area contributed by atoms with Gasteiger partial charge in [0, 0.05) is 6.42 Å². The number of carbonyl (C=O) groups is 1. The molecule has 0 amide bonds. The van der Waals surface area contributed by atoms with Crippen LogP contribution in [0, 0.1) is 11.8 Å². The van der Waals surface area contributed by atoms with Crippen molar-refractivity contribution in [3.05, 3.63) is 35.4 Å². The Morgan fingerprint density at radius 3 is 2.61 bits per heavy atom. The number of aryl methyl sites for hydroxylation is 1. The summed E-state index contributed by atoms with van der Waals surface area (Å²) in [6, 6.07) is 9.22. The van der Waals surface area contributed by atoms with Crippen molar-refractivity contribution in [2.24, 2.45) is 11.8 Å². The van der Waals surface area contributed by atoms with E-state index in [2.05, 4.69) is 38.1 Å². The van der Waals surface area contributed by atoms with Gasteiger partial charge in [-0.25, -0.2) is 0 Å². The predicted molar refractivity (Wildman–Crippen MR) is 95.6 cm³/mol. The van der Waals surface area contributed by atoms with Crippen LogP contribution in [0.25, 0.3) is 0 Å². The van der Waals surface area contributed by atoms with Gasteiger partial charge in [-0.1, -0.05) is 44.5 Å². The molecule has 1 aromatic rings. The number of ether oxygens (including phenoxy) is 1. The van der Waals surface area contributed by atoms with Crippen molar-refractivity contribution in [3.8, 4) is 0 Å². The molecule has 0 bridgehead atoms. The monoisotopic (exact) mass is 316 g/mol. The first-order valence-corrected chi connectivity index (χ1v) is 9.33. The van der Waals surface area contributed by atoms with E-state index in [9.17, 15) is 4.79 Å². The molecular weight excluding hydrogens is 284 g/mol. The van der Waals surface area contributed by atoms with Crippen molar-refractivity contribution in [1.29, 1.82) is 0 Å². The number of rotatable bonds is 7. The van der Waals surface area contributed by atoms with E-state index in [1.165, 1.54) is 43.2 Å². The average molecular weight is 316 g/mol. The Morgan fingerprint density at radius 2 is 1.96 bits per heavy atom. The predicted octanol–water partition coefficient (Wildman–Crippen LogP) is 5.50. The van der Waals surface area contributed by atoms with Gasteiger partial charge in [0.15, 0.2) is 0 Å². The summed E-state index contributed by atoms with van der Waals surface area (Å²) < 4.78 is 5.11. The van der Waals surface area contributed by atoms with E-state index in [1.54, 1.807) is 0 Å². The molecule has 2 heteroatoms. The van der Waals surface area contributed by atoms with E-state index in [-0.39, 0.29) is 5.97 Å². The van der Waals surface area contributed by atoms with Gasteiger partial charge in [-0.3, -0.25) is 4.79 Å². The van der Waals surface area contributed by atoms with Crippen molar-refractivity contribution in [3.63, 3.8) is 0 Å². The van der Waals surface area contributed by atoms with Crippen LogP contribution in [0.2, 0.25) is 0 Å². The van der Waals surface area contributed by atoms with Crippen molar-refractivity contribution in [1.82, 2.24) is 0 Å². The maximum Gasteiger partial charge on any atom is 0.306 e. The number of benzene rings is 1. The fourth-order valence-corrected chi connectivity index (χ4v) is 3.65. The summed E-state index contributed by atoms with van der Waals surface area (Å²) in [4.78, 5) is 11.7. The Labute approximate surface area is 141 Å². The highest BCUT2D eigenvalue weighted by Gasteiger charge is 2.25. The van der Waals surface area contributed by atoms with E-state index in [1.807, 2.05) is 6.92 Å². The summed E-state index contributed by atoms with van der Waals surface area (Å²) in [6.45, 7) is 6.93. The molecule has 0 heterocycles. The summed E-state index contributed by atoms with van der Waals surface area (Å²) in [5, 5.41) is 0. The summed E-state index contributed by atoms with van der Waals surface area (Å²) in [5.74, 6) is 1.84. The van der Waals surface area contributed by atoms with Gasteiger partial charge in [0.05, 0.1) is 6.61 Å². The fraction of sp³-hybridized carbons (Fsp3) is 0.667. The maximum absolute atomic E-state index is 11.7. The highest BCUT2D eigenvalue weighted by molar-refractivity contribution is 5.69. The van der Waals surface area contributed by atoms with Crippen LogP contribution in [0.5, 0.6) is 0 Å². The van der Waals surface area contributed by atoms with Crippen LogP contribution < -0.4 is 0 Å². The lowest BCUT2D eigenvalue weighted by Gasteiger charge is -2.29. The van der Waals surface area contributed by atoms with Gasteiger partial charge in [0.2, 0.25) is 0 Å². The van der Waals surface area contributed by atoms with E-state index < -0.39 is 0 Å². The van der Waals surface area contributed by atoms with Gasteiger partial charge in [-0.2, -0.15) is 0 Å². The second kappa shape index (κ2) is 9.10. The normalized spacial score (nSPS) is 21.4. The van der Waals surface area contributed by atoms with Gasteiger partial charge < -0.3 is 4.74 Å². The van der Waals surface area contributed by atoms with Gasteiger partial charge in [-0.05, 0) is 67.9 Å². The fourth-order valence-electron chi connectivity index (χ4n) is 3.65. The van der Waals surface area contributed by atoms with Crippen LogP contribution in [0.4, 0.5) is 0 Å². The molecule has 0 N–H and O–H groups in total. The van der Waals surface area contributed by atoms with Crippen LogP contribution >= 0.6 is 0 Å². The van der Waals surface area contributed by atoms with Crippen LogP contribution in [0.3, 0.4) is 0 Å². The third kappa shape index (κ3) is 6.01. The van der Waals surface area contributed by atoms with Crippen LogP contribution in [-0.4, -0.2) is 12.6 Å². The second-order valence-corrected chi connectivity index (χ2v) is 7.41. The van der Waals surface area contributed by atoms with Gasteiger partial charge in [0.25, 0.3) is 0 Å². The summed E-state index contributed by atoms with van der Waals surface area (Å²) in [6.07, 6.45) is 7.80. The Bertz CT molecular complexity index is 475. The summed E-state index contributed by atoms with van der Waals surface area (Å²) >= 11 is 0. The van der Waals surface area contributed by atoms with Gasteiger partial charge in [-0.15, -0.1) is 0 Å². The zero-order valence-corrected chi connectivity index (χ0v) is 15.0. The van der Waals surface area contributed by atoms with Crippen molar-refractivity contribution in [2.75, 3.05) is 6.61 Å². The van der Waals surface area contributed by atoms with E-state index in [4.69, 9.17) is 4.74 Å². The lowest BCUT2D eigenvalue weighted by Crippen LogP contribution is -2.18. The second-order valence-electron chi connectivity index (χ2n) is 7.41. The number of hydrogen-bond acceptors (Lipinski definition) is 2. The highest BCUT2D eigenvalue weighted by Crippen LogP contribution is 2.37. The lowest BCUT2D eigenvalue weighted by molar-refractivity contribution is -0.144. The first kappa shape index (κ1) is 18.0. The Kier molecular flexibility index (Phi) is 7.14. The molecule has 1 aromatic carbocycles. The standard InChI is InChI=1S/C21H32O2/c1-4-23-21(22)15-18-6-5-7-20(14-18)19-12-10-17(11-13-19)9-8-16(2)3/h10-13,16,18,20H,4-9,14-15H2,1-3H3. The smallest absolute Gasteiger partial charge is 0.306 e. The molecule has 2 atom stereocenters. The first-order valence-electron chi connectivity index (χ1n) is 9.33. The van der Waals surface area contributed by atoms with Crippen molar-refractivity contribution >= 4 is 5.97 Å². The average Bonchev–Trinajstić information content (AvgIpc) is 2.54. The van der Waals surface area contributed by atoms with Crippen LogP contribution in [0.15, 0.2) is 24.3 Å². The zero-order chi connectivity index (χ0) is 16.7. The Balaban J connectivity index is 1.89. The molecular formula is C21H32O2. The SMILES string of the molecule is CCOC(=O)CC1CCCC(c2ccc(CCC(C)C)cc2)C1. The molecule has 128 valence electrons. The topological polar surface area (TPSA) is 26.3 Å². The first-order chi connectivity index (χ1) is 11.1. The minimum Gasteiger partial charge on any atom is -0.466 e. The molecule has 0 aromatic heterocycles. The van der Waals surface area contributed by atoms with E-state index >= 15 is 0 Å². The quantitative estimate of drug-likeness (QED) is 0.621. The number of hydrogen-bond donors (Lipinski definition) is 0. The molecule has 1 saturated carbocycles. The van der Waals surface area contributed by atoms with Gasteiger partial charge >= 0.3 is 5.97 Å². The van der Waals surface area contributed by atoms with Gasteiger partial charge in [0.1, 0.15) is 0 Å². The third-order valence-corrected chi connectivity index (χ3v) is 5.00. The maximum atomic E-state index is 11.7. The molecule has 23 heavy (non-hydrogen) atoms. The van der Waals surface area contributed by atoms with Crippen molar-refractivity contribution < 1.29 is 9.53 Å². The number of carbonyl (C=O) groups excluding carboxylic acids is 1. The molecule has 1 aliphatic rings. The zero-order valence-electron chi connectivity index (χ0n) is 15.0. The summed E-state index contributed by atoms with van der Waals surface area (Å²) in [5.41, 5.74) is 2.90. The van der Waals surface area contributed by atoms with E-state index in [0.717, 1.165) is 12.3 Å². The van der Waals surface area contributed by atoms with Crippen LogP contribution in [-0.2, 0) is 16.0 Å². The van der Waals surface area contributed by atoms with Crippen molar-refractivity contribution in [2.45, 2.75) is 71.6 Å². The minimum absolute atomic E-state index is 0.0258. The third-order valence-electron chi connectivity index (χ3n) is 5.00.